The molecule has 0 spiro atoms. The van der Waals surface area contributed by atoms with E-state index in [1.807, 2.05) is 0 Å². The maximum absolute atomic E-state index is 13.4. The van der Waals surface area contributed by atoms with Crippen molar-refractivity contribution >= 4 is 23.4 Å². The van der Waals surface area contributed by atoms with Crippen LogP contribution in [0.15, 0.2) is 36.5 Å². The van der Waals surface area contributed by atoms with Crippen LogP contribution in [0.4, 0.5) is 4.39 Å². The molecule has 1 aromatic carbocycles. The second-order valence-electron chi connectivity index (χ2n) is 8.03. The van der Waals surface area contributed by atoms with E-state index >= 15 is 0 Å². The van der Waals surface area contributed by atoms with Crippen LogP contribution < -0.4 is 25.8 Å². The van der Waals surface area contributed by atoms with Gasteiger partial charge in [-0.05, 0) is 43.5 Å². The minimum atomic E-state index is -0.607. The highest BCUT2D eigenvalue weighted by Gasteiger charge is 2.69. The number of nitrogens with zero attached hydrogens (tertiary/aromatic N) is 1. The van der Waals surface area contributed by atoms with E-state index in [0.29, 0.717) is 31.6 Å². The number of nitrogens with one attached hydrogen (secondary N) is 2. The van der Waals surface area contributed by atoms with Crippen molar-refractivity contribution < 1.29 is 23.5 Å². The topological polar surface area (TPSA) is 116 Å². The van der Waals surface area contributed by atoms with Crippen molar-refractivity contribution in [3.8, 4) is 11.5 Å². The lowest BCUT2D eigenvalue weighted by atomic mass is 9.44. The summed E-state index contributed by atoms with van der Waals surface area (Å²) in [5.41, 5.74) is 5.62. The number of pyridine rings is 1. The van der Waals surface area contributed by atoms with Gasteiger partial charge in [0.15, 0.2) is 13.2 Å². The number of hydrogen-bond donors (Lipinski definition) is 3. The second kappa shape index (κ2) is 8.32. The zero-order chi connectivity index (χ0) is 22.1. The lowest BCUT2D eigenvalue weighted by Gasteiger charge is -2.70. The molecule has 2 aromatic rings. The van der Waals surface area contributed by atoms with Crippen molar-refractivity contribution in [3.05, 3.63) is 53.1 Å². The van der Waals surface area contributed by atoms with E-state index in [1.54, 1.807) is 12.1 Å². The minimum Gasteiger partial charge on any atom is -0.484 e. The lowest BCUT2D eigenvalue weighted by molar-refractivity contribution is -0.151. The molecular weight excluding hydrogens is 427 g/mol. The maximum atomic E-state index is 13.4. The highest BCUT2D eigenvalue weighted by atomic mass is 35.5. The smallest absolute Gasteiger partial charge is 0.258 e. The Morgan fingerprint density at radius 3 is 2.13 bits per heavy atom. The Hall–Kier alpha value is -2.91. The average molecular weight is 449 g/mol. The van der Waals surface area contributed by atoms with Gasteiger partial charge in [0.05, 0.1) is 16.9 Å². The molecule has 31 heavy (non-hydrogen) atoms. The van der Waals surface area contributed by atoms with Gasteiger partial charge in [0.25, 0.3) is 11.8 Å². The molecule has 3 saturated carbocycles. The Morgan fingerprint density at radius 2 is 1.61 bits per heavy atom. The van der Waals surface area contributed by atoms with Crippen molar-refractivity contribution in [3.63, 3.8) is 0 Å². The summed E-state index contributed by atoms with van der Waals surface area (Å²) in [6.45, 7) is -0.00334. The summed E-state index contributed by atoms with van der Waals surface area (Å²) in [6, 6.07) is 7.45. The molecule has 0 unspecified atom stereocenters. The van der Waals surface area contributed by atoms with Crippen molar-refractivity contribution in [1.82, 2.24) is 15.6 Å². The van der Waals surface area contributed by atoms with E-state index < -0.39 is 5.82 Å². The number of aromatic nitrogens is 1. The molecule has 0 aliphatic heterocycles. The lowest BCUT2D eigenvalue weighted by Crippen LogP contribution is -2.84. The van der Waals surface area contributed by atoms with Gasteiger partial charge in [-0.25, -0.2) is 4.39 Å². The zero-order valence-electron chi connectivity index (χ0n) is 16.6. The monoisotopic (exact) mass is 448 g/mol. The molecular formula is C21H22ClFN4O4. The highest BCUT2D eigenvalue weighted by molar-refractivity contribution is 6.30. The molecule has 4 N–H and O–H groups in total. The SMILES string of the molecule is NCc1ccc(OCC(=O)NC23CC(NC(=O)COc4ccc(Cl)c(F)c4)(C2)C3)cn1. The Labute approximate surface area is 183 Å². The molecule has 8 nitrogen and oxygen atoms in total. The van der Waals surface area contributed by atoms with Gasteiger partial charge in [0.2, 0.25) is 0 Å². The molecule has 0 atom stereocenters. The summed E-state index contributed by atoms with van der Waals surface area (Å²) in [4.78, 5) is 28.4. The van der Waals surface area contributed by atoms with Crippen molar-refractivity contribution in [2.75, 3.05) is 13.2 Å². The Bertz CT molecular complexity index is 982. The van der Waals surface area contributed by atoms with Crippen LogP contribution in [-0.2, 0) is 16.1 Å². The number of benzene rings is 1. The number of hydrogen-bond acceptors (Lipinski definition) is 6. The Morgan fingerprint density at radius 1 is 1.03 bits per heavy atom. The molecule has 3 fully saturated rings. The molecule has 5 rings (SSSR count). The van der Waals surface area contributed by atoms with Gasteiger partial charge >= 0.3 is 0 Å². The van der Waals surface area contributed by atoms with Gasteiger partial charge < -0.3 is 25.8 Å². The van der Waals surface area contributed by atoms with E-state index in [4.69, 9.17) is 26.8 Å². The molecule has 3 aliphatic rings. The molecule has 0 saturated heterocycles. The molecule has 2 amide bonds. The molecule has 10 heteroatoms. The van der Waals surface area contributed by atoms with Crippen LogP contribution in [0.1, 0.15) is 25.0 Å². The summed E-state index contributed by atoms with van der Waals surface area (Å²) in [5.74, 6) is -0.410. The van der Waals surface area contributed by atoms with Gasteiger partial charge in [-0.2, -0.15) is 0 Å². The highest BCUT2D eigenvalue weighted by Crippen LogP contribution is 2.60. The molecule has 1 aromatic heterocycles. The average Bonchev–Trinajstić information content (AvgIpc) is 2.71. The second-order valence-corrected chi connectivity index (χ2v) is 8.44. The third-order valence-corrected chi connectivity index (χ3v) is 5.78. The van der Waals surface area contributed by atoms with Crippen LogP contribution in [0.5, 0.6) is 11.5 Å². The van der Waals surface area contributed by atoms with Gasteiger partial charge in [0.1, 0.15) is 17.3 Å². The third kappa shape index (κ3) is 4.72. The van der Waals surface area contributed by atoms with E-state index in [0.717, 1.165) is 11.8 Å². The Kier molecular flexibility index (Phi) is 5.72. The first kappa shape index (κ1) is 21.3. The van der Waals surface area contributed by atoms with Gasteiger partial charge in [-0.15, -0.1) is 0 Å². The van der Waals surface area contributed by atoms with E-state index in [1.165, 1.54) is 18.3 Å². The van der Waals surface area contributed by atoms with Crippen molar-refractivity contribution in [2.24, 2.45) is 5.73 Å². The first-order valence-electron chi connectivity index (χ1n) is 9.78. The van der Waals surface area contributed by atoms with E-state index in [9.17, 15) is 14.0 Å². The summed E-state index contributed by atoms with van der Waals surface area (Å²) in [6.07, 6.45) is 3.49. The van der Waals surface area contributed by atoms with E-state index in [2.05, 4.69) is 15.6 Å². The van der Waals surface area contributed by atoms with Gasteiger partial charge in [-0.3, -0.25) is 14.6 Å². The normalized spacial score (nSPS) is 23.2. The fourth-order valence-corrected chi connectivity index (χ4v) is 4.32. The number of carbonyl (C=O) groups is 2. The summed E-state index contributed by atoms with van der Waals surface area (Å²) >= 11 is 5.62. The van der Waals surface area contributed by atoms with E-state index in [-0.39, 0.29) is 46.9 Å². The predicted octanol–water partition coefficient (Wildman–Crippen LogP) is 1.70. The predicted molar refractivity (Wildman–Crippen MR) is 110 cm³/mol. The van der Waals surface area contributed by atoms with Crippen LogP contribution in [-0.4, -0.2) is 41.1 Å². The quantitative estimate of drug-likeness (QED) is 0.537. The first-order chi connectivity index (χ1) is 14.8. The fraction of sp³-hybridized carbons (Fsp3) is 0.381. The minimum absolute atomic E-state index is 0.00965. The van der Waals surface area contributed by atoms with Crippen molar-refractivity contribution in [1.29, 1.82) is 0 Å². The number of carbonyl (C=O) groups excluding carboxylic acids is 2. The van der Waals surface area contributed by atoms with Crippen LogP contribution in [0.25, 0.3) is 0 Å². The Balaban J connectivity index is 1.16. The number of nitrogens with two attached hydrogens (primary N) is 1. The van der Waals surface area contributed by atoms with Crippen molar-refractivity contribution in [2.45, 2.75) is 36.9 Å². The van der Waals surface area contributed by atoms with Crippen LogP contribution in [0, 0.1) is 5.82 Å². The van der Waals surface area contributed by atoms with Gasteiger partial charge in [-0.1, -0.05) is 11.6 Å². The number of halogens is 2. The summed E-state index contributed by atoms with van der Waals surface area (Å²) in [7, 11) is 0. The third-order valence-electron chi connectivity index (χ3n) is 5.48. The summed E-state index contributed by atoms with van der Waals surface area (Å²) < 4.78 is 24.2. The summed E-state index contributed by atoms with van der Waals surface area (Å²) in [5, 5.41) is 5.91. The standard InChI is InChI=1S/C21H22ClFN4O4/c22-16-4-3-14(5-17(16)23)30-8-18(28)26-20-10-21(11-20,12-20)27-19(29)9-31-15-2-1-13(6-24)25-7-15/h1-5,7H,6,8-12,24H2,(H,26,28)(H,27,29). The zero-order valence-corrected chi connectivity index (χ0v) is 17.4. The van der Waals surface area contributed by atoms with Crippen LogP contribution in [0.2, 0.25) is 5.02 Å². The first-order valence-corrected chi connectivity index (χ1v) is 10.2. The molecule has 0 radical (unpaired) electrons. The maximum Gasteiger partial charge on any atom is 0.258 e. The molecule has 3 aliphatic carbocycles. The van der Waals surface area contributed by atoms with Gasteiger partial charge in [0, 0.05) is 23.7 Å². The number of amides is 2. The van der Waals surface area contributed by atoms with Crippen LogP contribution in [0.3, 0.4) is 0 Å². The van der Waals surface area contributed by atoms with Crippen LogP contribution >= 0.6 is 11.6 Å². The fourth-order valence-electron chi connectivity index (χ4n) is 4.20. The number of rotatable bonds is 9. The molecule has 164 valence electrons. The largest absolute Gasteiger partial charge is 0.484 e. The molecule has 2 bridgehead atoms. The number of ether oxygens (including phenoxy) is 2. The molecule has 1 heterocycles.